The summed E-state index contributed by atoms with van der Waals surface area (Å²) in [5, 5.41) is 4.34. The number of halogens is 3. The van der Waals surface area contributed by atoms with E-state index < -0.39 is 29.6 Å². The highest BCUT2D eigenvalue weighted by molar-refractivity contribution is 5.96. The Hall–Kier alpha value is -3.79. The fourth-order valence-electron chi connectivity index (χ4n) is 5.03. The van der Waals surface area contributed by atoms with E-state index in [0.717, 1.165) is 41.9 Å². The summed E-state index contributed by atoms with van der Waals surface area (Å²) in [6, 6.07) is 7.23. The summed E-state index contributed by atoms with van der Waals surface area (Å²) in [5.74, 6) is -2.79. The van der Waals surface area contributed by atoms with Crippen LogP contribution in [0.2, 0.25) is 0 Å². The van der Waals surface area contributed by atoms with Crippen molar-refractivity contribution in [2.45, 2.75) is 39.3 Å². The van der Waals surface area contributed by atoms with E-state index in [9.17, 15) is 13.2 Å². The lowest BCUT2D eigenvalue weighted by Gasteiger charge is -2.42. The van der Waals surface area contributed by atoms with Crippen LogP contribution in [-0.4, -0.2) is 53.8 Å². The molecule has 0 aliphatic carbocycles. The SMILES string of the molecule is C.COc1cc(/C=C/C2=NOC(C3CCOCC3)[C@H](c3cc(F)c(F)c(F)c3)N2C)ccc1-n1cnc(C)c1. The molecule has 1 aromatic heterocycles. The van der Waals surface area contributed by atoms with E-state index in [2.05, 4.69) is 10.1 Å². The molecule has 3 heterocycles. The smallest absolute Gasteiger partial charge is 0.194 e. The van der Waals surface area contributed by atoms with Crippen LogP contribution in [0.4, 0.5) is 13.2 Å². The van der Waals surface area contributed by atoms with Crippen LogP contribution in [-0.2, 0) is 9.57 Å². The third kappa shape index (κ3) is 5.80. The van der Waals surface area contributed by atoms with Gasteiger partial charge < -0.3 is 23.8 Å². The minimum atomic E-state index is -1.49. The number of imidazole rings is 1. The van der Waals surface area contributed by atoms with Gasteiger partial charge in [-0.05, 0) is 61.2 Å². The number of nitrogens with zero attached hydrogens (tertiary/aromatic N) is 4. The second kappa shape index (κ2) is 11.9. The molecule has 2 aromatic carbocycles. The number of aryl methyl sites for hydroxylation is 1. The van der Waals surface area contributed by atoms with Crippen LogP contribution >= 0.6 is 0 Å². The Bertz CT molecular complexity index is 1340. The van der Waals surface area contributed by atoms with Crippen molar-refractivity contribution in [1.29, 1.82) is 0 Å². The third-order valence-corrected chi connectivity index (χ3v) is 7.05. The topological polar surface area (TPSA) is 61.1 Å². The Morgan fingerprint density at radius 3 is 2.41 bits per heavy atom. The molecule has 0 amide bonds. The molecule has 2 atom stereocenters. The number of benzene rings is 2. The van der Waals surface area contributed by atoms with Crippen LogP contribution in [0, 0.1) is 30.3 Å². The third-order valence-electron chi connectivity index (χ3n) is 7.05. The zero-order valence-corrected chi connectivity index (χ0v) is 21.4. The molecule has 7 nitrogen and oxygen atoms in total. The molecule has 5 rings (SSSR count). The lowest BCUT2D eigenvalue weighted by molar-refractivity contribution is -0.0765. The Morgan fingerprint density at radius 1 is 1.05 bits per heavy atom. The first-order valence-corrected chi connectivity index (χ1v) is 12.4. The lowest BCUT2D eigenvalue weighted by Crippen LogP contribution is -2.46. The first kappa shape index (κ1) is 28.2. The number of aromatic nitrogens is 2. The molecule has 0 saturated carbocycles. The summed E-state index contributed by atoms with van der Waals surface area (Å²) < 4.78 is 55.2. The van der Waals surface area contributed by atoms with E-state index in [4.69, 9.17) is 14.3 Å². The average Bonchev–Trinajstić information content (AvgIpc) is 3.36. The van der Waals surface area contributed by atoms with E-state index in [1.165, 1.54) is 0 Å². The molecule has 0 bridgehead atoms. The fourth-order valence-corrected chi connectivity index (χ4v) is 5.03. The van der Waals surface area contributed by atoms with Crippen LogP contribution in [0.25, 0.3) is 11.8 Å². The largest absolute Gasteiger partial charge is 0.495 e. The van der Waals surface area contributed by atoms with Gasteiger partial charge in [0.25, 0.3) is 0 Å². The van der Waals surface area contributed by atoms with Gasteiger partial charge in [-0.25, -0.2) is 18.2 Å². The van der Waals surface area contributed by atoms with Gasteiger partial charge in [-0.2, -0.15) is 0 Å². The van der Waals surface area contributed by atoms with Gasteiger partial charge in [-0.3, -0.25) is 0 Å². The van der Waals surface area contributed by atoms with Gasteiger partial charge in [-0.15, -0.1) is 0 Å². The number of ether oxygens (including phenoxy) is 2. The Morgan fingerprint density at radius 2 is 1.77 bits per heavy atom. The first-order valence-electron chi connectivity index (χ1n) is 12.4. The molecule has 0 radical (unpaired) electrons. The van der Waals surface area contributed by atoms with Crippen molar-refractivity contribution >= 4 is 11.9 Å². The van der Waals surface area contributed by atoms with Crippen molar-refractivity contribution in [2.75, 3.05) is 27.4 Å². The molecule has 39 heavy (non-hydrogen) atoms. The number of hydrogen-bond donors (Lipinski definition) is 0. The summed E-state index contributed by atoms with van der Waals surface area (Å²) in [4.78, 5) is 12.0. The Kier molecular flexibility index (Phi) is 8.64. The molecule has 2 aliphatic rings. The Labute approximate surface area is 226 Å². The molecule has 1 unspecified atom stereocenters. The minimum Gasteiger partial charge on any atom is -0.495 e. The second-order valence-electron chi connectivity index (χ2n) is 9.51. The normalized spacial score (nSPS) is 19.9. The predicted octanol–water partition coefficient (Wildman–Crippen LogP) is 6.07. The molecule has 208 valence electrons. The summed E-state index contributed by atoms with van der Waals surface area (Å²) in [6.07, 6.45) is 8.22. The number of likely N-dealkylation sites (N-methyl/N-ethyl adjacent to an activating group) is 1. The van der Waals surface area contributed by atoms with Gasteiger partial charge in [-0.1, -0.05) is 24.7 Å². The molecule has 2 aliphatic heterocycles. The van der Waals surface area contributed by atoms with Crippen molar-refractivity contribution in [3.05, 3.63) is 83.2 Å². The van der Waals surface area contributed by atoms with Crippen LogP contribution in [0.15, 0.2) is 54.1 Å². The van der Waals surface area contributed by atoms with E-state index in [0.29, 0.717) is 24.8 Å². The zero-order valence-electron chi connectivity index (χ0n) is 21.4. The maximum absolute atomic E-state index is 14.2. The van der Waals surface area contributed by atoms with Gasteiger partial charge in [0.1, 0.15) is 5.75 Å². The number of hydrogen-bond acceptors (Lipinski definition) is 6. The minimum absolute atomic E-state index is 0. The zero-order chi connectivity index (χ0) is 26.8. The quantitative estimate of drug-likeness (QED) is 0.354. The molecule has 1 saturated heterocycles. The molecular weight excluding hydrogens is 509 g/mol. The van der Waals surface area contributed by atoms with Crippen LogP contribution in [0.5, 0.6) is 5.75 Å². The maximum atomic E-state index is 14.2. The highest BCUT2D eigenvalue weighted by Crippen LogP contribution is 2.38. The maximum Gasteiger partial charge on any atom is 0.194 e. The van der Waals surface area contributed by atoms with Gasteiger partial charge >= 0.3 is 0 Å². The van der Waals surface area contributed by atoms with E-state index in [1.807, 2.05) is 46.9 Å². The fraction of sp³-hybridized carbons (Fsp3) is 0.379. The highest BCUT2D eigenvalue weighted by atomic mass is 19.2. The second-order valence-corrected chi connectivity index (χ2v) is 9.51. The molecule has 3 aromatic rings. The molecule has 1 fully saturated rings. The number of methoxy groups -OCH3 is 1. The van der Waals surface area contributed by atoms with Gasteiger partial charge in [0.2, 0.25) is 0 Å². The standard InChI is InChI=1S/C28H29F3N4O3.CH4/c1-17-15-35(16-32-17)23-6-4-18(12-24(23)36-3)5-7-25-33-38-28(19-8-10-37-11-9-19)27(34(25)2)20-13-21(29)26(31)22(30)14-20;/h4-7,12-16,19,27-28H,8-11H2,1-3H3;1H4/b7-5+;/t27-,28?;/m0./s1. The van der Waals surface area contributed by atoms with Crippen molar-refractivity contribution in [3.63, 3.8) is 0 Å². The predicted molar refractivity (Wildman–Crippen MR) is 143 cm³/mol. The highest BCUT2D eigenvalue weighted by Gasteiger charge is 2.40. The van der Waals surface area contributed by atoms with Gasteiger partial charge in [0, 0.05) is 32.4 Å². The summed E-state index contributed by atoms with van der Waals surface area (Å²) >= 11 is 0. The van der Waals surface area contributed by atoms with Crippen molar-refractivity contribution in [2.24, 2.45) is 11.1 Å². The van der Waals surface area contributed by atoms with Gasteiger partial charge in [0.05, 0.1) is 30.9 Å². The van der Waals surface area contributed by atoms with E-state index in [-0.39, 0.29) is 18.9 Å². The average molecular weight is 543 g/mol. The number of oxime groups is 1. The lowest BCUT2D eigenvalue weighted by atomic mass is 9.85. The summed E-state index contributed by atoms with van der Waals surface area (Å²) in [5.41, 5.74) is 2.87. The Balaban J connectivity index is 0.00000353. The van der Waals surface area contributed by atoms with Crippen LogP contribution in [0.3, 0.4) is 0 Å². The van der Waals surface area contributed by atoms with E-state index in [1.54, 1.807) is 26.6 Å². The monoisotopic (exact) mass is 542 g/mol. The van der Waals surface area contributed by atoms with Crippen molar-refractivity contribution < 1.29 is 27.5 Å². The number of rotatable bonds is 6. The molecular formula is C29H33F3N4O3. The van der Waals surface area contributed by atoms with Crippen molar-refractivity contribution in [1.82, 2.24) is 14.5 Å². The van der Waals surface area contributed by atoms with Crippen LogP contribution < -0.4 is 4.74 Å². The molecule has 0 spiro atoms. The number of amidine groups is 1. The van der Waals surface area contributed by atoms with Gasteiger partial charge in [0.15, 0.2) is 29.4 Å². The molecule has 0 N–H and O–H groups in total. The summed E-state index contributed by atoms with van der Waals surface area (Å²) in [7, 11) is 3.39. The first-order chi connectivity index (χ1) is 18.4. The van der Waals surface area contributed by atoms with E-state index >= 15 is 0 Å². The molecule has 10 heteroatoms. The summed E-state index contributed by atoms with van der Waals surface area (Å²) in [6.45, 7) is 3.05. The van der Waals surface area contributed by atoms with Crippen molar-refractivity contribution in [3.8, 4) is 11.4 Å². The van der Waals surface area contributed by atoms with Crippen LogP contribution in [0.1, 0.15) is 43.1 Å².